The molecule has 0 amide bonds. The zero-order valence-corrected chi connectivity index (χ0v) is 18.1. The molecule has 28 heavy (non-hydrogen) atoms. The van der Waals surface area contributed by atoms with Crippen molar-refractivity contribution in [2.24, 2.45) is 0 Å². The number of nitrogens with zero attached hydrogens (tertiary/aromatic N) is 1. The normalized spacial score (nSPS) is 12.2. The van der Waals surface area contributed by atoms with Crippen molar-refractivity contribution in [3.05, 3.63) is 58.7 Å². The number of aliphatic hydroxyl groups excluding tert-OH is 1. The lowest BCUT2D eigenvalue weighted by Gasteiger charge is -2.21. The van der Waals surface area contributed by atoms with Crippen LogP contribution in [0.15, 0.2) is 48.0 Å². The first kappa shape index (κ1) is 20.8. The maximum Gasteiger partial charge on any atom is 0.229 e. The van der Waals surface area contributed by atoms with Crippen molar-refractivity contribution < 1.29 is 13.5 Å². The van der Waals surface area contributed by atoms with Gasteiger partial charge in [-0.05, 0) is 46.8 Å². The maximum absolute atomic E-state index is 11.4. The van der Waals surface area contributed by atoms with Crippen molar-refractivity contribution in [3.8, 4) is 21.6 Å². The monoisotopic (exact) mass is 436 g/mol. The molecule has 0 bridgehead atoms. The molecular formula is C20H21ClN2O3S2. The van der Waals surface area contributed by atoms with Crippen LogP contribution in [0.25, 0.3) is 21.6 Å². The van der Waals surface area contributed by atoms with E-state index >= 15 is 0 Å². The minimum atomic E-state index is -3.35. The van der Waals surface area contributed by atoms with E-state index < -0.39 is 15.4 Å². The van der Waals surface area contributed by atoms with Crippen LogP contribution in [0.5, 0.6) is 0 Å². The van der Waals surface area contributed by atoms with Gasteiger partial charge in [-0.1, -0.05) is 31.5 Å². The van der Waals surface area contributed by atoms with Crippen molar-refractivity contribution in [3.63, 3.8) is 0 Å². The summed E-state index contributed by atoms with van der Waals surface area (Å²) in [7, 11) is -3.35. The van der Waals surface area contributed by atoms with Crippen molar-refractivity contribution in [1.29, 1.82) is 0 Å². The van der Waals surface area contributed by atoms with Gasteiger partial charge in [0.25, 0.3) is 0 Å². The number of anilines is 1. The molecule has 0 radical (unpaired) electrons. The third kappa shape index (κ3) is 4.72. The summed E-state index contributed by atoms with van der Waals surface area (Å²) < 4.78 is 25.2. The lowest BCUT2D eigenvalue weighted by atomic mass is 9.89. The second kappa shape index (κ2) is 7.83. The third-order valence-electron chi connectivity index (χ3n) is 4.32. The molecule has 0 aliphatic rings. The van der Waals surface area contributed by atoms with E-state index in [1.807, 2.05) is 37.4 Å². The summed E-state index contributed by atoms with van der Waals surface area (Å²) in [5.74, 6) is 0. The van der Waals surface area contributed by atoms with Crippen molar-refractivity contribution in [1.82, 2.24) is 4.98 Å². The molecule has 0 aliphatic heterocycles. The van der Waals surface area contributed by atoms with E-state index in [4.69, 9.17) is 11.6 Å². The highest BCUT2D eigenvalue weighted by molar-refractivity contribution is 7.92. The highest BCUT2D eigenvalue weighted by Crippen LogP contribution is 2.37. The fourth-order valence-electron chi connectivity index (χ4n) is 2.69. The summed E-state index contributed by atoms with van der Waals surface area (Å²) in [5.41, 5.74) is 3.65. The second-order valence-corrected chi connectivity index (χ2v) is 10.3. The molecule has 0 atom stereocenters. The quantitative estimate of drug-likeness (QED) is 0.583. The minimum Gasteiger partial charge on any atom is -0.395 e. The van der Waals surface area contributed by atoms with Crippen LogP contribution >= 0.6 is 22.9 Å². The van der Waals surface area contributed by atoms with Crippen molar-refractivity contribution in [2.45, 2.75) is 19.3 Å². The van der Waals surface area contributed by atoms with Crippen LogP contribution in [0.1, 0.15) is 19.5 Å². The SMILES string of the molecule is CC(C)(CO)c1cc(-c2cc(-c3ccc(NS(C)(=O)=O)cc3Cl)cs2)ccn1. The number of hydrogen-bond acceptors (Lipinski definition) is 5. The highest BCUT2D eigenvalue weighted by atomic mass is 35.5. The molecular weight excluding hydrogens is 416 g/mol. The molecule has 2 aromatic heterocycles. The summed E-state index contributed by atoms with van der Waals surface area (Å²) >= 11 is 7.97. The summed E-state index contributed by atoms with van der Waals surface area (Å²) in [6.45, 7) is 3.91. The summed E-state index contributed by atoms with van der Waals surface area (Å²) in [5, 5.41) is 12.1. The maximum atomic E-state index is 11.4. The van der Waals surface area contributed by atoms with E-state index in [1.165, 1.54) is 0 Å². The van der Waals surface area contributed by atoms with Crippen LogP contribution in [0.3, 0.4) is 0 Å². The van der Waals surface area contributed by atoms with E-state index in [0.717, 1.165) is 33.5 Å². The summed E-state index contributed by atoms with van der Waals surface area (Å²) in [4.78, 5) is 5.45. The van der Waals surface area contributed by atoms with E-state index in [2.05, 4.69) is 9.71 Å². The molecule has 5 nitrogen and oxygen atoms in total. The number of pyridine rings is 1. The molecule has 0 aliphatic carbocycles. The third-order valence-corrected chi connectivity index (χ3v) is 6.21. The van der Waals surface area contributed by atoms with Gasteiger partial charge < -0.3 is 5.11 Å². The van der Waals surface area contributed by atoms with Crippen LogP contribution in [0.4, 0.5) is 5.69 Å². The highest BCUT2D eigenvalue weighted by Gasteiger charge is 2.21. The van der Waals surface area contributed by atoms with Gasteiger partial charge in [-0.2, -0.15) is 0 Å². The van der Waals surface area contributed by atoms with Crippen LogP contribution in [-0.2, 0) is 15.4 Å². The van der Waals surface area contributed by atoms with E-state index in [-0.39, 0.29) is 6.61 Å². The Bertz CT molecular complexity index is 1110. The number of benzene rings is 1. The van der Waals surface area contributed by atoms with Gasteiger partial charge in [0.2, 0.25) is 10.0 Å². The number of aromatic nitrogens is 1. The smallest absolute Gasteiger partial charge is 0.229 e. The predicted octanol–water partition coefficient (Wildman–Crippen LogP) is 4.77. The largest absolute Gasteiger partial charge is 0.395 e. The molecule has 2 N–H and O–H groups in total. The number of thiophene rings is 1. The Morgan fingerprint density at radius 3 is 2.57 bits per heavy atom. The van der Waals surface area contributed by atoms with Gasteiger partial charge in [0.05, 0.1) is 17.9 Å². The lowest BCUT2D eigenvalue weighted by molar-refractivity contribution is 0.215. The lowest BCUT2D eigenvalue weighted by Crippen LogP contribution is -2.23. The fraction of sp³-hybridized carbons (Fsp3) is 0.250. The Morgan fingerprint density at radius 2 is 1.93 bits per heavy atom. The zero-order chi connectivity index (χ0) is 20.5. The number of rotatable bonds is 6. The molecule has 3 rings (SSSR count). The Balaban J connectivity index is 1.92. The van der Waals surface area contributed by atoms with Gasteiger partial charge in [-0.15, -0.1) is 11.3 Å². The van der Waals surface area contributed by atoms with Gasteiger partial charge >= 0.3 is 0 Å². The number of nitrogens with one attached hydrogen (secondary N) is 1. The number of aliphatic hydroxyl groups is 1. The van der Waals surface area contributed by atoms with E-state index in [0.29, 0.717) is 10.7 Å². The van der Waals surface area contributed by atoms with Crippen molar-refractivity contribution in [2.75, 3.05) is 17.6 Å². The number of sulfonamides is 1. The molecule has 3 aromatic rings. The Kier molecular flexibility index (Phi) is 5.82. The van der Waals surface area contributed by atoms with Crippen molar-refractivity contribution >= 4 is 38.6 Å². The van der Waals surface area contributed by atoms with Crippen LogP contribution < -0.4 is 4.72 Å². The molecule has 2 heterocycles. The molecule has 0 fully saturated rings. The average Bonchev–Trinajstić information content (AvgIpc) is 3.10. The molecule has 8 heteroatoms. The Hall–Kier alpha value is -1.93. The first-order valence-corrected chi connectivity index (χ1v) is 11.7. The van der Waals surface area contributed by atoms with Crippen LogP contribution in [-0.4, -0.2) is 31.4 Å². The Labute approximate surface area is 174 Å². The van der Waals surface area contributed by atoms with Gasteiger partial charge in [-0.25, -0.2) is 8.42 Å². The number of hydrogen-bond donors (Lipinski definition) is 2. The fourth-order valence-corrected chi connectivity index (χ4v) is 4.44. The van der Waals surface area contributed by atoms with Gasteiger partial charge in [-0.3, -0.25) is 9.71 Å². The van der Waals surface area contributed by atoms with Gasteiger partial charge in [0.1, 0.15) is 0 Å². The number of halogens is 1. The Morgan fingerprint density at radius 1 is 1.18 bits per heavy atom. The zero-order valence-electron chi connectivity index (χ0n) is 15.7. The molecule has 0 spiro atoms. The van der Waals surface area contributed by atoms with E-state index in [9.17, 15) is 13.5 Å². The van der Waals surface area contributed by atoms with Crippen LogP contribution in [0, 0.1) is 0 Å². The van der Waals surface area contributed by atoms with E-state index in [1.54, 1.807) is 35.7 Å². The molecule has 0 unspecified atom stereocenters. The molecule has 0 saturated heterocycles. The first-order valence-electron chi connectivity index (χ1n) is 8.53. The van der Waals surface area contributed by atoms with Crippen LogP contribution in [0.2, 0.25) is 5.02 Å². The standard InChI is InChI=1S/C20H21ClN2O3S2/c1-20(2,12-24)19-9-13(6-7-22-19)18-8-14(11-27-18)16-5-4-15(10-17(16)21)23-28(3,25)26/h4-11,23-24H,12H2,1-3H3. The minimum absolute atomic E-state index is 0.0165. The summed E-state index contributed by atoms with van der Waals surface area (Å²) in [6, 6.07) is 11.1. The molecule has 1 aromatic carbocycles. The second-order valence-electron chi connectivity index (χ2n) is 7.24. The van der Waals surface area contributed by atoms with Gasteiger partial charge in [0.15, 0.2) is 0 Å². The molecule has 148 valence electrons. The average molecular weight is 437 g/mol. The first-order chi connectivity index (χ1) is 13.1. The topological polar surface area (TPSA) is 79.3 Å². The predicted molar refractivity (Wildman–Crippen MR) is 117 cm³/mol. The molecule has 0 saturated carbocycles. The van der Waals surface area contributed by atoms with Gasteiger partial charge in [0, 0.05) is 33.4 Å². The summed E-state index contributed by atoms with van der Waals surface area (Å²) in [6.07, 6.45) is 2.85.